The fourth-order valence-electron chi connectivity index (χ4n) is 3.17. The highest BCUT2D eigenvalue weighted by molar-refractivity contribution is 8.01. The van der Waals surface area contributed by atoms with Crippen LogP contribution >= 0.6 is 11.8 Å². The van der Waals surface area contributed by atoms with Crippen LogP contribution in [0, 0.1) is 0 Å². The van der Waals surface area contributed by atoms with Gasteiger partial charge in [-0.1, -0.05) is 18.2 Å². The molecule has 0 aliphatic carbocycles. The lowest BCUT2D eigenvalue weighted by Gasteiger charge is -2.26. The Morgan fingerprint density at radius 1 is 1.35 bits per heavy atom. The number of Topliss-reactive ketones (excluding diaryl/α,β-unsaturated/α-hetero) is 1. The highest BCUT2D eigenvalue weighted by atomic mass is 32.2. The van der Waals surface area contributed by atoms with Crippen molar-refractivity contribution in [2.45, 2.75) is 48.8 Å². The van der Waals surface area contributed by atoms with E-state index in [1.807, 2.05) is 17.0 Å². The summed E-state index contributed by atoms with van der Waals surface area (Å²) in [5.41, 5.74) is 1.28. The predicted octanol–water partition coefficient (Wildman–Crippen LogP) is 2.67. The minimum atomic E-state index is -0.0000387. The molecule has 0 radical (unpaired) electrons. The van der Waals surface area contributed by atoms with Crippen LogP contribution in [-0.4, -0.2) is 34.4 Å². The zero-order valence-electron chi connectivity index (χ0n) is 11.7. The summed E-state index contributed by atoms with van der Waals surface area (Å²) < 4.78 is 0. The number of carbonyl (C=O) groups excluding carboxylic acids is 2. The number of likely N-dealkylation sites (tertiary alicyclic amines) is 1. The Balaban J connectivity index is 1.69. The lowest BCUT2D eigenvalue weighted by molar-refractivity contribution is -0.132. The highest BCUT2D eigenvalue weighted by Crippen LogP contribution is 2.38. The molecule has 4 heteroatoms. The maximum Gasteiger partial charge on any atom is 0.236 e. The van der Waals surface area contributed by atoms with Crippen molar-refractivity contribution < 1.29 is 9.59 Å². The largest absolute Gasteiger partial charge is 0.338 e. The summed E-state index contributed by atoms with van der Waals surface area (Å²) in [6.07, 6.45) is 3.32. The number of thioether (sulfide) groups is 1. The Morgan fingerprint density at radius 3 is 2.90 bits per heavy atom. The Bertz CT molecular complexity index is 518. The number of fused-ring (bicyclic) bond motifs is 1. The molecule has 2 aliphatic rings. The van der Waals surface area contributed by atoms with Crippen LogP contribution in [0.15, 0.2) is 29.2 Å². The lowest BCUT2D eigenvalue weighted by Crippen LogP contribution is -2.41. The van der Waals surface area contributed by atoms with Crippen LogP contribution in [0.1, 0.15) is 31.7 Å². The van der Waals surface area contributed by atoms with E-state index in [9.17, 15) is 9.59 Å². The molecule has 1 fully saturated rings. The lowest BCUT2D eigenvalue weighted by atomic mass is 10.1. The Kier molecular flexibility index (Phi) is 3.83. The third kappa shape index (κ3) is 2.62. The Morgan fingerprint density at radius 2 is 2.15 bits per heavy atom. The molecule has 3 nitrogen and oxygen atoms in total. The molecular weight excluding hydrogens is 270 g/mol. The second kappa shape index (κ2) is 5.60. The number of ketones is 1. The zero-order chi connectivity index (χ0) is 14.1. The average Bonchev–Trinajstić information content (AvgIpc) is 3.03. The topological polar surface area (TPSA) is 37.4 Å². The molecule has 20 heavy (non-hydrogen) atoms. The van der Waals surface area contributed by atoms with Crippen molar-refractivity contribution in [3.05, 3.63) is 29.8 Å². The molecule has 0 spiro atoms. The first kappa shape index (κ1) is 13.7. The van der Waals surface area contributed by atoms with Gasteiger partial charge in [-0.2, -0.15) is 0 Å². The van der Waals surface area contributed by atoms with Crippen molar-refractivity contribution in [3.8, 4) is 0 Å². The Hall–Kier alpha value is -1.29. The highest BCUT2D eigenvalue weighted by Gasteiger charge is 2.36. The van der Waals surface area contributed by atoms with Crippen molar-refractivity contribution in [1.82, 2.24) is 4.90 Å². The number of hydrogen-bond donors (Lipinski definition) is 0. The minimum Gasteiger partial charge on any atom is -0.338 e. The van der Waals surface area contributed by atoms with Gasteiger partial charge in [-0.3, -0.25) is 9.59 Å². The third-order valence-electron chi connectivity index (χ3n) is 4.11. The van der Waals surface area contributed by atoms with E-state index in [2.05, 4.69) is 12.1 Å². The van der Waals surface area contributed by atoms with Crippen LogP contribution in [-0.2, 0) is 16.0 Å². The van der Waals surface area contributed by atoms with Crippen LogP contribution in [0.3, 0.4) is 0 Å². The molecule has 0 bridgehead atoms. The quantitative estimate of drug-likeness (QED) is 0.858. The first-order valence-electron chi connectivity index (χ1n) is 7.19. The maximum atomic E-state index is 12.7. The van der Waals surface area contributed by atoms with E-state index in [1.165, 1.54) is 10.5 Å². The summed E-state index contributed by atoms with van der Waals surface area (Å²) >= 11 is 1.68. The van der Waals surface area contributed by atoms with E-state index in [1.54, 1.807) is 18.7 Å². The van der Waals surface area contributed by atoms with E-state index in [0.29, 0.717) is 6.42 Å². The molecule has 1 aromatic carbocycles. The van der Waals surface area contributed by atoms with Crippen LogP contribution in [0.5, 0.6) is 0 Å². The van der Waals surface area contributed by atoms with Crippen molar-refractivity contribution in [2.75, 3.05) is 6.54 Å². The second-order valence-electron chi connectivity index (χ2n) is 5.65. The molecule has 1 aromatic rings. The van der Waals surface area contributed by atoms with Gasteiger partial charge in [0, 0.05) is 23.9 Å². The molecule has 2 unspecified atom stereocenters. The minimum absolute atomic E-state index is 0.0000387. The maximum absolute atomic E-state index is 12.7. The van der Waals surface area contributed by atoms with Gasteiger partial charge >= 0.3 is 0 Å². The first-order valence-corrected chi connectivity index (χ1v) is 8.07. The predicted molar refractivity (Wildman–Crippen MR) is 79.8 cm³/mol. The van der Waals surface area contributed by atoms with E-state index >= 15 is 0 Å². The van der Waals surface area contributed by atoms with Gasteiger partial charge in [-0.25, -0.2) is 0 Å². The molecular formula is C16H19NO2S. The first-order chi connectivity index (χ1) is 9.65. The van der Waals surface area contributed by atoms with Gasteiger partial charge < -0.3 is 4.90 Å². The fraction of sp³-hybridized carbons (Fsp3) is 0.500. The number of amides is 1. The van der Waals surface area contributed by atoms with E-state index < -0.39 is 0 Å². The van der Waals surface area contributed by atoms with Gasteiger partial charge in [0.05, 0.1) is 5.25 Å². The smallest absolute Gasteiger partial charge is 0.236 e. The molecule has 0 saturated carbocycles. The van der Waals surface area contributed by atoms with Crippen molar-refractivity contribution in [3.63, 3.8) is 0 Å². The summed E-state index contributed by atoms with van der Waals surface area (Å²) in [5, 5.41) is -0.0000387. The normalized spacial score (nSPS) is 24.8. The summed E-state index contributed by atoms with van der Waals surface area (Å²) in [4.78, 5) is 27.2. The van der Waals surface area contributed by atoms with Crippen LogP contribution < -0.4 is 0 Å². The Labute approximate surface area is 123 Å². The van der Waals surface area contributed by atoms with Crippen LogP contribution in [0.2, 0.25) is 0 Å². The fourth-order valence-corrected chi connectivity index (χ4v) is 4.44. The van der Waals surface area contributed by atoms with Crippen LogP contribution in [0.4, 0.5) is 0 Å². The third-order valence-corrected chi connectivity index (χ3v) is 5.41. The van der Waals surface area contributed by atoms with E-state index in [-0.39, 0.29) is 23.0 Å². The number of nitrogens with zero attached hydrogens (tertiary/aromatic N) is 1. The zero-order valence-corrected chi connectivity index (χ0v) is 12.5. The molecule has 106 valence electrons. The molecule has 1 saturated heterocycles. The standard InChI is InChI=1S/C16H19NO2S/c1-11(18)9-13-6-4-8-17(13)16(19)15-10-12-5-2-3-7-14(12)20-15/h2-3,5,7,13,15H,4,6,8-10H2,1H3. The summed E-state index contributed by atoms with van der Waals surface area (Å²) in [7, 11) is 0. The molecule has 3 rings (SSSR count). The molecule has 0 aromatic heterocycles. The number of benzene rings is 1. The van der Waals surface area contributed by atoms with Gasteiger partial charge in [0.25, 0.3) is 0 Å². The van der Waals surface area contributed by atoms with E-state index in [4.69, 9.17) is 0 Å². The van der Waals surface area contributed by atoms with Gasteiger partial charge in [-0.15, -0.1) is 11.8 Å². The summed E-state index contributed by atoms with van der Waals surface area (Å²) in [5.74, 6) is 0.395. The van der Waals surface area contributed by atoms with Crippen molar-refractivity contribution in [1.29, 1.82) is 0 Å². The molecule has 2 atom stereocenters. The van der Waals surface area contributed by atoms with Gasteiger partial charge in [0.1, 0.15) is 5.78 Å². The SMILES string of the molecule is CC(=O)CC1CCCN1C(=O)C1Cc2ccccc2S1. The van der Waals surface area contributed by atoms with Gasteiger partial charge in [-0.05, 0) is 37.8 Å². The van der Waals surface area contributed by atoms with Crippen molar-refractivity contribution >= 4 is 23.5 Å². The second-order valence-corrected chi connectivity index (χ2v) is 6.90. The molecule has 2 heterocycles. The van der Waals surface area contributed by atoms with E-state index in [0.717, 1.165) is 25.8 Å². The van der Waals surface area contributed by atoms with Crippen LogP contribution in [0.25, 0.3) is 0 Å². The summed E-state index contributed by atoms with van der Waals surface area (Å²) in [6, 6.07) is 8.37. The number of hydrogen-bond acceptors (Lipinski definition) is 3. The summed E-state index contributed by atoms with van der Waals surface area (Å²) in [6.45, 7) is 2.42. The number of rotatable bonds is 3. The molecule has 2 aliphatic heterocycles. The average molecular weight is 289 g/mol. The monoisotopic (exact) mass is 289 g/mol. The molecule has 1 amide bonds. The number of carbonyl (C=O) groups is 2. The van der Waals surface area contributed by atoms with Gasteiger partial charge in [0.15, 0.2) is 0 Å². The van der Waals surface area contributed by atoms with Crippen molar-refractivity contribution in [2.24, 2.45) is 0 Å². The van der Waals surface area contributed by atoms with Gasteiger partial charge in [0.2, 0.25) is 5.91 Å². The molecule has 0 N–H and O–H groups in total.